The van der Waals surface area contributed by atoms with E-state index in [4.69, 9.17) is 0 Å². The Bertz CT molecular complexity index is 661. The maximum absolute atomic E-state index is 12.9. The second kappa shape index (κ2) is 5.19. The average molecular weight is 298 g/mol. The zero-order valence-electron chi connectivity index (χ0n) is 11.8. The Kier molecular flexibility index (Phi) is 3.19. The minimum atomic E-state index is 0.169. The topological polar surface area (TPSA) is 32.3 Å². The number of fused-ring (bicyclic) bond motifs is 1. The van der Waals surface area contributed by atoms with E-state index >= 15 is 0 Å². The van der Waals surface area contributed by atoms with Gasteiger partial charge in [0, 0.05) is 28.7 Å². The summed E-state index contributed by atoms with van der Waals surface area (Å²) in [6.45, 7) is 1.72. The Labute approximate surface area is 128 Å². The molecule has 1 aromatic carbocycles. The molecule has 1 aliphatic heterocycles. The van der Waals surface area contributed by atoms with E-state index in [9.17, 15) is 4.79 Å². The van der Waals surface area contributed by atoms with Gasteiger partial charge >= 0.3 is 0 Å². The summed E-state index contributed by atoms with van der Waals surface area (Å²) in [5.41, 5.74) is 3.27. The Morgan fingerprint density at radius 3 is 3.00 bits per heavy atom. The maximum atomic E-state index is 12.9. The predicted molar refractivity (Wildman–Crippen MR) is 85.9 cm³/mol. The van der Waals surface area contributed by atoms with Crippen molar-refractivity contribution in [3.63, 3.8) is 0 Å². The molecule has 1 aromatic heterocycles. The summed E-state index contributed by atoms with van der Waals surface area (Å²) >= 11 is 1.72. The van der Waals surface area contributed by atoms with Gasteiger partial charge in [-0.25, -0.2) is 0 Å². The number of rotatable bonds is 4. The van der Waals surface area contributed by atoms with Crippen molar-refractivity contribution < 1.29 is 4.79 Å². The molecule has 1 saturated carbocycles. The van der Waals surface area contributed by atoms with Crippen LogP contribution in [-0.4, -0.2) is 23.4 Å². The molecule has 0 radical (unpaired) electrons. The first kappa shape index (κ1) is 12.9. The average Bonchev–Trinajstić information content (AvgIpc) is 3.02. The van der Waals surface area contributed by atoms with Crippen molar-refractivity contribution in [1.82, 2.24) is 4.90 Å². The molecule has 2 aliphatic rings. The van der Waals surface area contributed by atoms with Gasteiger partial charge in [-0.3, -0.25) is 4.79 Å². The number of nitrogens with zero attached hydrogens (tertiary/aromatic N) is 1. The van der Waals surface area contributed by atoms with Crippen molar-refractivity contribution in [1.29, 1.82) is 0 Å². The van der Waals surface area contributed by atoms with E-state index in [0.717, 1.165) is 43.6 Å². The molecule has 1 fully saturated rings. The minimum absolute atomic E-state index is 0.169. The van der Waals surface area contributed by atoms with Crippen LogP contribution in [0.3, 0.4) is 0 Å². The van der Waals surface area contributed by atoms with Crippen LogP contribution in [0.25, 0.3) is 0 Å². The number of carbonyl (C=O) groups excluding carboxylic acids is 1. The number of anilines is 1. The van der Waals surface area contributed by atoms with Gasteiger partial charge in [0.1, 0.15) is 0 Å². The van der Waals surface area contributed by atoms with Crippen molar-refractivity contribution in [2.75, 3.05) is 11.9 Å². The van der Waals surface area contributed by atoms with Gasteiger partial charge in [0.2, 0.25) is 0 Å². The molecule has 0 bridgehead atoms. The molecule has 0 atom stereocenters. The van der Waals surface area contributed by atoms with Crippen LogP contribution >= 0.6 is 11.3 Å². The third-order valence-electron chi connectivity index (χ3n) is 4.22. The fourth-order valence-electron chi connectivity index (χ4n) is 2.91. The van der Waals surface area contributed by atoms with E-state index in [1.54, 1.807) is 11.3 Å². The van der Waals surface area contributed by atoms with E-state index in [0.29, 0.717) is 6.04 Å². The van der Waals surface area contributed by atoms with E-state index in [-0.39, 0.29) is 5.91 Å². The summed E-state index contributed by atoms with van der Waals surface area (Å²) in [4.78, 5) is 16.2. The quantitative estimate of drug-likeness (QED) is 0.936. The van der Waals surface area contributed by atoms with Crippen LogP contribution in [-0.2, 0) is 13.0 Å². The molecule has 4 rings (SSSR count). The first-order chi connectivity index (χ1) is 10.3. The Morgan fingerprint density at radius 1 is 1.33 bits per heavy atom. The van der Waals surface area contributed by atoms with Gasteiger partial charge in [0.15, 0.2) is 0 Å². The largest absolute Gasteiger partial charge is 0.384 e. The zero-order valence-corrected chi connectivity index (χ0v) is 12.7. The summed E-state index contributed by atoms with van der Waals surface area (Å²) in [7, 11) is 0. The van der Waals surface area contributed by atoms with Crippen molar-refractivity contribution in [3.05, 3.63) is 51.7 Å². The first-order valence-corrected chi connectivity index (χ1v) is 8.39. The lowest BCUT2D eigenvalue weighted by Crippen LogP contribution is -2.32. The molecular formula is C17H18N2OS. The fraction of sp³-hybridized carbons (Fsp3) is 0.353. The van der Waals surface area contributed by atoms with Gasteiger partial charge < -0.3 is 10.2 Å². The van der Waals surface area contributed by atoms with Crippen LogP contribution in [0.1, 0.15) is 33.6 Å². The monoisotopic (exact) mass is 298 g/mol. The second-order valence-electron chi connectivity index (χ2n) is 5.79. The highest BCUT2D eigenvalue weighted by molar-refractivity contribution is 7.09. The first-order valence-electron chi connectivity index (χ1n) is 7.51. The molecule has 2 heterocycles. The smallest absolute Gasteiger partial charge is 0.254 e. The summed E-state index contributed by atoms with van der Waals surface area (Å²) in [6.07, 6.45) is 3.34. The number of amides is 1. The van der Waals surface area contributed by atoms with Crippen LogP contribution in [0, 0.1) is 0 Å². The van der Waals surface area contributed by atoms with E-state index in [1.165, 1.54) is 10.4 Å². The number of hydrogen-bond acceptors (Lipinski definition) is 3. The number of benzene rings is 1. The van der Waals surface area contributed by atoms with Gasteiger partial charge in [0.05, 0.1) is 6.54 Å². The summed E-state index contributed by atoms with van der Waals surface area (Å²) in [5, 5.41) is 5.43. The normalized spacial score (nSPS) is 16.4. The third-order valence-corrected chi connectivity index (χ3v) is 5.08. The lowest BCUT2D eigenvalue weighted by Gasteiger charge is -2.22. The molecule has 2 aromatic rings. The van der Waals surface area contributed by atoms with Gasteiger partial charge in [-0.1, -0.05) is 12.1 Å². The van der Waals surface area contributed by atoms with Crippen LogP contribution in [0.5, 0.6) is 0 Å². The summed E-state index contributed by atoms with van der Waals surface area (Å²) < 4.78 is 0. The molecule has 0 saturated heterocycles. The molecule has 0 spiro atoms. The Balaban J connectivity index is 1.59. The Morgan fingerprint density at radius 2 is 2.24 bits per heavy atom. The zero-order chi connectivity index (χ0) is 14.2. The third kappa shape index (κ3) is 2.56. The van der Waals surface area contributed by atoms with E-state index in [2.05, 4.69) is 28.9 Å². The number of carbonyl (C=O) groups is 1. The van der Waals surface area contributed by atoms with Gasteiger partial charge in [-0.15, -0.1) is 11.3 Å². The van der Waals surface area contributed by atoms with Crippen LogP contribution in [0.2, 0.25) is 0 Å². The lowest BCUT2D eigenvalue weighted by molar-refractivity contribution is 0.0732. The molecule has 1 aliphatic carbocycles. The predicted octanol–water partition coefficient (Wildman–Crippen LogP) is 3.52. The molecular weight excluding hydrogens is 280 g/mol. The molecule has 1 N–H and O–H groups in total. The highest BCUT2D eigenvalue weighted by Gasteiger charge is 2.33. The minimum Gasteiger partial charge on any atom is -0.384 e. The number of thiophene rings is 1. The van der Waals surface area contributed by atoms with Crippen molar-refractivity contribution in [2.24, 2.45) is 0 Å². The van der Waals surface area contributed by atoms with Crippen LogP contribution in [0.15, 0.2) is 35.7 Å². The van der Waals surface area contributed by atoms with Crippen LogP contribution < -0.4 is 5.32 Å². The van der Waals surface area contributed by atoms with E-state index in [1.807, 2.05) is 17.0 Å². The highest BCUT2D eigenvalue weighted by atomic mass is 32.1. The van der Waals surface area contributed by atoms with Crippen molar-refractivity contribution >= 4 is 22.9 Å². The molecule has 108 valence electrons. The molecule has 3 nitrogen and oxygen atoms in total. The van der Waals surface area contributed by atoms with Crippen LogP contribution in [0.4, 0.5) is 5.69 Å². The SMILES string of the molecule is O=C(c1ccc2c(c1)NCC2)N(Cc1cccs1)C1CC1. The van der Waals surface area contributed by atoms with Gasteiger partial charge in [-0.05, 0) is 48.4 Å². The Hall–Kier alpha value is -1.81. The van der Waals surface area contributed by atoms with Crippen molar-refractivity contribution in [2.45, 2.75) is 31.8 Å². The molecule has 0 unspecified atom stereocenters. The van der Waals surface area contributed by atoms with E-state index < -0.39 is 0 Å². The molecule has 1 amide bonds. The summed E-state index contributed by atoms with van der Waals surface area (Å²) in [5.74, 6) is 0.169. The second-order valence-corrected chi connectivity index (χ2v) is 6.82. The number of nitrogens with one attached hydrogen (secondary N) is 1. The number of hydrogen-bond donors (Lipinski definition) is 1. The lowest BCUT2D eigenvalue weighted by atomic mass is 10.1. The van der Waals surface area contributed by atoms with Crippen molar-refractivity contribution in [3.8, 4) is 0 Å². The standard InChI is InChI=1S/C17H18N2OS/c20-17(13-4-3-12-7-8-18-16(12)10-13)19(14-5-6-14)11-15-2-1-9-21-15/h1-4,9-10,14,18H,5-8,11H2. The summed E-state index contributed by atoms with van der Waals surface area (Å²) in [6, 6.07) is 10.7. The van der Waals surface area contributed by atoms with Gasteiger partial charge in [-0.2, -0.15) is 0 Å². The maximum Gasteiger partial charge on any atom is 0.254 e. The highest BCUT2D eigenvalue weighted by Crippen LogP contribution is 2.32. The van der Waals surface area contributed by atoms with Gasteiger partial charge in [0.25, 0.3) is 5.91 Å². The molecule has 21 heavy (non-hydrogen) atoms. The fourth-order valence-corrected chi connectivity index (χ4v) is 3.62. The molecule has 4 heteroatoms.